The molecule has 142 valence electrons. The molecule has 3 nitrogen and oxygen atoms in total. The minimum atomic E-state index is -1.67. The monoisotopic (exact) mass is 364 g/mol. The van der Waals surface area contributed by atoms with Gasteiger partial charge in [0.05, 0.1) is 19.3 Å². The quantitative estimate of drug-likeness (QED) is 0.291. The molecule has 0 saturated carbocycles. The highest BCUT2D eigenvalue weighted by atomic mass is 28.4. The molecule has 0 aliphatic carbocycles. The van der Waals surface area contributed by atoms with Crippen LogP contribution >= 0.6 is 0 Å². The normalized spacial score (nSPS) is 14.2. The maximum Gasteiger partial charge on any atom is 0.192 e. The smallest absolute Gasteiger partial charge is 0.192 e. The summed E-state index contributed by atoms with van der Waals surface area (Å²) in [5.74, 6) is 0. The van der Waals surface area contributed by atoms with Crippen LogP contribution < -0.4 is 0 Å². The second-order valence-corrected chi connectivity index (χ2v) is 12.8. The number of hydrogen-bond acceptors (Lipinski definition) is 3. The summed E-state index contributed by atoms with van der Waals surface area (Å²) in [6.45, 7) is 13.4. The number of rotatable bonds is 11. The van der Waals surface area contributed by atoms with Gasteiger partial charge in [0.25, 0.3) is 0 Å². The summed E-state index contributed by atoms with van der Waals surface area (Å²) >= 11 is 0. The van der Waals surface area contributed by atoms with E-state index in [1.807, 2.05) is 18.2 Å². The van der Waals surface area contributed by atoms with Crippen molar-refractivity contribution in [3.05, 3.63) is 48.0 Å². The first-order valence-electron chi connectivity index (χ1n) is 9.21. The molecule has 1 rings (SSSR count). The van der Waals surface area contributed by atoms with E-state index in [-0.39, 0.29) is 11.1 Å². The van der Waals surface area contributed by atoms with E-state index in [1.54, 1.807) is 7.11 Å². The van der Waals surface area contributed by atoms with Gasteiger partial charge in [-0.05, 0) is 36.5 Å². The average molecular weight is 365 g/mol. The lowest BCUT2D eigenvalue weighted by atomic mass is 10.2. The van der Waals surface area contributed by atoms with Gasteiger partial charge in [0, 0.05) is 13.7 Å². The Morgan fingerprint density at radius 3 is 2.40 bits per heavy atom. The van der Waals surface area contributed by atoms with E-state index in [4.69, 9.17) is 13.9 Å². The van der Waals surface area contributed by atoms with Crippen molar-refractivity contribution in [3.8, 4) is 0 Å². The lowest BCUT2D eigenvalue weighted by Gasteiger charge is -2.35. The predicted octanol–water partition coefficient (Wildman–Crippen LogP) is 5.58. The number of hydrogen-bond donors (Lipinski definition) is 0. The van der Waals surface area contributed by atoms with Crippen molar-refractivity contribution in [1.29, 1.82) is 0 Å². The molecule has 0 unspecified atom stereocenters. The molecule has 0 N–H and O–H groups in total. The van der Waals surface area contributed by atoms with Crippen LogP contribution in [0.3, 0.4) is 0 Å². The summed E-state index contributed by atoms with van der Waals surface area (Å²) in [4.78, 5) is 0. The highest BCUT2D eigenvalue weighted by Gasteiger charge is 2.36. The summed E-state index contributed by atoms with van der Waals surface area (Å²) in [5.41, 5.74) is 1.22. The van der Waals surface area contributed by atoms with Crippen LogP contribution in [0, 0.1) is 0 Å². The zero-order valence-electron chi connectivity index (χ0n) is 16.9. The van der Waals surface area contributed by atoms with Crippen molar-refractivity contribution in [2.45, 2.75) is 64.5 Å². The van der Waals surface area contributed by atoms with Crippen molar-refractivity contribution in [2.75, 3.05) is 20.3 Å². The summed E-state index contributed by atoms with van der Waals surface area (Å²) in [6.07, 6.45) is 6.29. The fourth-order valence-electron chi connectivity index (χ4n) is 2.12. The highest BCUT2D eigenvalue weighted by molar-refractivity contribution is 6.74. The molecule has 25 heavy (non-hydrogen) atoms. The van der Waals surface area contributed by atoms with Crippen molar-refractivity contribution in [2.24, 2.45) is 0 Å². The standard InChI is InChI=1S/C21H36O3Si/c1-21(2,3)25(5,6)24-17-11-15-20(22-4)14-10-16-23-18-19-12-8-7-9-13-19/h7-9,11-13,15,20H,10,14,16-18H2,1-6H3/b15-11+/t20-/m0/s1. The number of methoxy groups -OCH3 is 1. The molecule has 0 aliphatic heterocycles. The second-order valence-electron chi connectivity index (χ2n) is 7.95. The molecule has 1 atom stereocenters. The Morgan fingerprint density at radius 1 is 1.12 bits per heavy atom. The van der Waals surface area contributed by atoms with E-state index in [0.29, 0.717) is 13.2 Å². The molecule has 0 spiro atoms. The van der Waals surface area contributed by atoms with E-state index in [1.165, 1.54) is 5.56 Å². The van der Waals surface area contributed by atoms with E-state index < -0.39 is 8.32 Å². The van der Waals surface area contributed by atoms with Gasteiger partial charge in [0.2, 0.25) is 0 Å². The molecule has 0 aromatic heterocycles. The first-order valence-corrected chi connectivity index (χ1v) is 12.1. The third-order valence-electron chi connectivity index (χ3n) is 4.89. The average Bonchev–Trinajstić information content (AvgIpc) is 2.56. The van der Waals surface area contributed by atoms with Gasteiger partial charge < -0.3 is 13.9 Å². The Balaban J connectivity index is 2.21. The van der Waals surface area contributed by atoms with Gasteiger partial charge in [-0.3, -0.25) is 0 Å². The van der Waals surface area contributed by atoms with Crippen molar-refractivity contribution in [1.82, 2.24) is 0 Å². The maximum atomic E-state index is 6.15. The molecular formula is C21H36O3Si. The zero-order valence-corrected chi connectivity index (χ0v) is 17.9. The zero-order chi connectivity index (χ0) is 18.8. The molecule has 0 bridgehead atoms. The largest absolute Gasteiger partial charge is 0.413 e. The second kappa shape index (κ2) is 10.9. The van der Waals surface area contributed by atoms with Crippen LogP contribution in [0.1, 0.15) is 39.2 Å². The van der Waals surface area contributed by atoms with E-state index in [0.717, 1.165) is 19.4 Å². The lowest BCUT2D eigenvalue weighted by Crippen LogP contribution is -2.40. The molecular weight excluding hydrogens is 328 g/mol. The van der Waals surface area contributed by atoms with Crippen LogP contribution in [-0.2, 0) is 20.5 Å². The lowest BCUT2D eigenvalue weighted by molar-refractivity contribution is 0.0911. The topological polar surface area (TPSA) is 27.7 Å². The summed E-state index contributed by atoms with van der Waals surface area (Å²) in [7, 11) is 0.0909. The van der Waals surface area contributed by atoms with E-state index >= 15 is 0 Å². The minimum absolute atomic E-state index is 0.128. The van der Waals surface area contributed by atoms with Crippen LogP contribution in [0.25, 0.3) is 0 Å². The first kappa shape index (κ1) is 22.1. The van der Waals surface area contributed by atoms with E-state index in [9.17, 15) is 0 Å². The third kappa shape index (κ3) is 8.81. The summed E-state index contributed by atoms with van der Waals surface area (Å²) in [6, 6.07) is 10.3. The maximum absolute atomic E-state index is 6.15. The molecule has 0 heterocycles. The van der Waals surface area contributed by atoms with Crippen LogP contribution in [0.5, 0.6) is 0 Å². The predicted molar refractivity (Wildman–Crippen MR) is 108 cm³/mol. The Hall–Kier alpha value is -0.943. The SMILES string of the molecule is CO[C@H](/C=C/CO[Si](C)(C)C(C)(C)C)CCCOCc1ccccc1. The fourth-order valence-corrected chi connectivity index (χ4v) is 3.07. The summed E-state index contributed by atoms with van der Waals surface area (Å²) < 4.78 is 17.4. The number of benzene rings is 1. The first-order chi connectivity index (χ1) is 11.8. The Labute approximate surface area is 155 Å². The summed E-state index contributed by atoms with van der Waals surface area (Å²) in [5, 5.41) is 0.248. The van der Waals surface area contributed by atoms with Gasteiger partial charge in [-0.15, -0.1) is 0 Å². The van der Waals surface area contributed by atoms with Crippen LogP contribution in [-0.4, -0.2) is 34.7 Å². The molecule has 1 aromatic rings. The van der Waals surface area contributed by atoms with Gasteiger partial charge in [0.1, 0.15) is 0 Å². The van der Waals surface area contributed by atoms with Crippen molar-refractivity contribution in [3.63, 3.8) is 0 Å². The van der Waals surface area contributed by atoms with E-state index in [2.05, 4.69) is 58.2 Å². The van der Waals surface area contributed by atoms with Crippen molar-refractivity contribution >= 4 is 8.32 Å². The van der Waals surface area contributed by atoms with Gasteiger partial charge in [-0.2, -0.15) is 0 Å². The minimum Gasteiger partial charge on any atom is -0.413 e. The molecule has 0 radical (unpaired) electrons. The fraction of sp³-hybridized carbons (Fsp3) is 0.619. The number of ether oxygens (including phenoxy) is 2. The van der Waals surface area contributed by atoms with Crippen LogP contribution in [0.2, 0.25) is 18.1 Å². The molecule has 0 fully saturated rings. The third-order valence-corrected chi connectivity index (χ3v) is 9.39. The van der Waals surface area contributed by atoms with Gasteiger partial charge in [-0.1, -0.05) is 63.3 Å². The molecule has 0 amide bonds. The van der Waals surface area contributed by atoms with Gasteiger partial charge in [0.15, 0.2) is 8.32 Å². The van der Waals surface area contributed by atoms with Crippen molar-refractivity contribution < 1.29 is 13.9 Å². The molecule has 0 saturated heterocycles. The van der Waals surface area contributed by atoms with Gasteiger partial charge >= 0.3 is 0 Å². The van der Waals surface area contributed by atoms with Crippen LogP contribution in [0.4, 0.5) is 0 Å². The Kier molecular flexibility index (Phi) is 9.65. The highest BCUT2D eigenvalue weighted by Crippen LogP contribution is 2.36. The van der Waals surface area contributed by atoms with Gasteiger partial charge in [-0.25, -0.2) is 0 Å². The molecule has 1 aromatic carbocycles. The van der Waals surface area contributed by atoms with Crippen LogP contribution in [0.15, 0.2) is 42.5 Å². The Morgan fingerprint density at radius 2 is 1.80 bits per heavy atom. The molecule has 4 heteroatoms. The Bertz CT molecular complexity index is 492. The molecule has 0 aliphatic rings.